The van der Waals surface area contributed by atoms with Crippen LogP contribution in [0.25, 0.3) is 6.08 Å². The lowest BCUT2D eigenvalue weighted by molar-refractivity contribution is 0.0971. The second kappa shape index (κ2) is 6.43. The van der Waals surface area contributed by atoms with E-state index >= 15 is 0 Å². The molecule has 0 saturated heterocycles. The molecular weight excluding hydrogens is 312 g/mol. The van der Waals surface area contributed by atoms with Gasteiger partial charge in [-0.2, -0.15) is 0 Å². The minimum absolute atomic E-state index is 0.109. The molecule has 0 radical (unpaired) electrons. The van der Waals surface area contributed by atoms with Crippen molar-refractivity contribution in [2.45, 2.75) is 44.9 Å². The van der Waals surface area contributed by atoms with Gasteiger partial charge in [-0.1, -0.05) is 49.1 Å². The zero-order chi connectivity index (χ0) is 17.4. The Kier molecular flexibility index (Phi) is 4.12. The van der Waals surface area contributed by atoms with E-state index in [1.54, 1.807) is 28.8 Å². The minimum atomic E-state index is -0.150. The van der Waals surface area contributed by atoms with Gasteiger partial charge in [0.1, 0.15) is 17.2 Å². The molecule has 2 aliphatic carbocycles. The Hall–Kier alpha value is -2.49. The fraction of sp³-hybridized carbons (Fsp3) is 0.381. The first-order valence-corrected chi connectivity index (χ1v) is 9.11. The highest BCUT2D eigenvalue weighted by Gasteiger charge is 2.34. The van der Waals surface area contributed by atoms with E-state index in [0.29, 0.717) is 22.5 Å². The molecule has 1 aromatic heterocycles. The van der Waals surface area contributed by atoms with Crippen LogP contribution in [0.4, 0.5) is 0 Å². The highest BCUT2D eigenvalue weighted by Crippen LogP contribution is 2.29. The van der Waals surface area contributed by atoms with Crippen molar-refractivity contribution in [2.75, 3.05) is 0 Å². The third kappa shape index (κ3) is 2.76. The standard InChI is InChI=1S/C21H22N2O2/c1-23-17(13-14-9-5-3-2-4-6-10-14)22-18-19(23)21(25)16-12-8-7-11-15(16)20(18)24/h7-8,11-13H,2-6,9-10H2,1H3. The summed E-state index contributed by atoms with van der Waals surface area (Å²) >= 11 is 0. The number of rotatable bonds is 1. The molecule has 128 valence electrons. The molecule has 1 fully saturated rings. The largest absolute Gasteiger partial charge is 0.324 e. The molecule has 25 heavy (non-hydrogen) atoms. The average molecular weight is 334 g/mol. The van der Waals surface area contributed by atoms with Crippen LogP contribution < -0.4 is 0 Å². The number of nitrogens with zero attached hydrogens (tertiary/aromatic N) is 2. The highest BCUT2D eigenvalue weighted by molar-refractivity contribution is 6.27. The van der Waals surface area contributed by atoms with Crippen molar-refractivity contribution in [1.82, 2.24) is 9.55 Å². The summed E-state index contributed by atoms with van der Waals surface area (Å²) in [4.78, 5) is 30.2. The first-order chi connectivity index (χ1) is 12.2. The van der Waals surface area contributed by atoms with Gasteiger partial charge in [0.2, 0.25) is 11.6 Å². The Morgan fingerprint density at radius 1 is 0.920 bits per heavy atom. The molecule has 0 N–H and O–H groups in total. The number of hydrogen-bond acceptors (Lipinski definition) is 3. The lowest BCUT2D eigenvalue weighted by Gasteiger charge is -2.14. The van der Waals surface area contributed by atoms with Crippen LogP contribution in [0.3, 0.4) is 0 Å². The van der Waals surface area contributed by atoms with Crippen LogP contribution in [-0.2, 0) is 7.05 Å². The van der Waals surface area contributed by atoms with Gasteiger partial charge >= 0.3 is 0 Å². The van der Waals surface area contributed by atoms with Gasteiger partial charge in [0.15, 0.2) is 0 Å². The van der Waals surface area contributed by atoms with Crippen LogP contribution in [0.2, 0.25) is 0 Å². The number of carbonyl (C=O) groups excluding carboxylic acids is 2. The summed E-state index contributed by atoms with van der Waals surface area (Å²) in [5, 5.41) is 0. The maximum absolute atomic E-state index is 12.8. The Balaban J connectivity index is 1.76. The SMILES string of the molecule is Cn1c(C=C2CCCCCCC2)nc2c1C(=O)c1ccccc1C2=O. The number of carbonyl (C=O) groups is 2. The van der Waals surface area contributed by atoms with Crippen LogP contribution in [0.1, 0.15) is 82.9 Å². The Bertz CT molecular complexity index is 879. The number of allylic oxidation sites excluding steroid dienone is 1. The van der Waals surface area contributed by atoms with Crippen LogP contribution in [-0.4, -0.2) is 21.1 Å². The summed E-state index contributed by atoms with van der Waals surface area (Å²) in [6, 6.07) is 7.01. The molecule has 2 aliphatic rings. The van der Waals surface area contributed by atoms with Gasteiger partial charge in [-0.25, -0.2) is 4.98 Å². The van der Waals surface area contributed by atoms with Crippen LogP contribution in [0.5, 0.6) is 0 Å². The first-order valence-electron chi connectivity index (χ1n) is 9.11. The molecule has 2 aromatic rings. The molecule has 4 heteroatoms. The molecule has 4 rings (SSSR count). The van der Waals surface area contributed by atoms with E-state index in [-0.39, 0.29) is 11.6 Å². The second-order valence-electron chi connectivity index (χ2n) is 7.00. The Morgan fingerprint density at radius 2 is 1.52 bits per heavy atom. The van der Waals surface area contributed by atoms with Crippen molar-refractivity contribution in [1.29, 1.82) is 0 Å². The quantitative estimate of drug-likeness (QED) is 0.666. The van der Waals surface area contributed by atoms with E-state index in [4.69, 9.17) is 0 Å². The molecular formula is C21H22N2O2. The van der Waals surface area contributed by atoms with Crippen molar-refractivity contribution >= 4 is 17.6 Å². The molecule has 0 unspecified atom stereocenters. The summed E-state index contributed by atoms with van der Waals surface area (Å²) in [5.41, 5.74) is 3.03. The normalized spacial score (nSPS) is 17.6. The zero-order valence-electron chi connectivity index (χ0n) is 14.5. The first kappa shape index (κ1) is 16.0. The van der Waals surface area contributed by atoms with E-state index in [0.717, 1.165) is 18.7 Å². The monoisotopic (exact) mass is 334 g/mol. The molecule has 0 bridgehead atoms. The molecule has 1 saturated carbocycles. The lowest BCUT2D eigenvalue weighted by atomic mass is 9.90. The molecule has 0 amide bonds. The number of imidazole rings is 1. The maximum Gasteiger partial charge on any atom is 0.214 e. The van der Waals surface area contributed by atoms with Gasteiger partial charge < -0.3 is 4.57 Å². The Labute approximate surface area is 147 Å². The average Bonchev–Trinajstić information content (AvgIpc) is 2.92. The molecule has 1 heterocycles. The summed E-state index contributed by atoms with van der Waals surface area (Å²) < 4.78 is 1.79. The fourth-order valence-electron chi connectivity index (χ4n) is 3.88. The van der Waals surface area contributed by atoms with Crippen LogP contribution >= 0.6 is 0 Å². The number of hydrogen-bond donors (Lipinski definition) is 0. The van der Waals surface area contributed by atoms with Crippen molar-refractivity contribution in [3.8, 4) is 0 Å². The van der Waals surface area contributed by atoms with Gasteiger partial charge in [-0.15, -0.1) is 0 Å². The fourth-order valence-corrected chi connectivity index (χ4v) is 3.88. The van der Waals surface area contributed by atoms with Crippen LogP contribution in [0, 0.1) is 0 Å². The predicted molar refractivity (Wildman–Crippen MR) is 96.8 cm³/mol. The third-order valence-corrected chi connectivity index (χ3v) is 5.31. The number of ketones is 2. The van der Waals surface area contributed by atoms with Gasteiger partial charge in [-0.3, -0.25) is 9.59 Å². The highest BCUT2D eigenvalue weighted by atomic mass is 16.1. The smallest absolute Gasteiger partial charge is 0.214 e. The van der Waals surface area contributed by atoms with Gasteiger partial charge in [-0.05, 0) is 31.8 Å². The molecule has 1 aromatic carbocycles. The van der Waals surface area contributed by atoms with Crippen molar-refractivity contribution in [3.63, 3.8) is 0 Å². The topological polar surface area (TPSA) is 52.0 Å². The lowest BCUT2D eigenvalue weighted by Crippen LogP contribution is -2.22. The van der Waals surface area contributed by atoms with Crippen molar-refractivity contribution in [2.24, 2.45) is 7.05 Å². The van der Waals surface area contributed by atoms with E-state index in [1.165, 1.54) is 37.7 Å². The third-order valence-electron chi connectivity index (χ3n) is 5.31. The van der Waals surface area contributed by atoms with Crippen molar-refractivity contribution in [3.05, 3.63) is 58.2 Å². The zero-order valence-corrected chi connectivity index (χ0v) is 14.5. The summed E-state index contributed by atoms with van der Waals surface area (Å²) in [6.07, 6.45) is 10.6. The minimum Gasteiger partial charge on any atom is -0.324 e. The van der Waals surface area contributed by atoms with Crippen LogP contribution in [0.15, 0.2) is 29.8 Å². The van der Waals surface area contributed by atoms with Gasteiger partial charge in [0, 0.05) is 18.2 Å². The Morgan fingerprint density at radius 3 is 2.20 bits per heavy atom. The maximum atomic E-state index is 12.8. The molecule has 0 spiro atoms. The number of aromatic nitrogens is 2. The summed E-state index contributed by atoms with van der Waals surface area (Å²) in [5.74, 6) is 0.459. The molecule has 0 aliphatic heterocycles. The summed E-state index contributed by atoms with van der Waals surface area (Å²) in [6.45, 7) is 0. The molecule has 0 atom stereocenters. The van der Waals surface area contributed by atoms with E-state index in [2.05, 4.69) is 11.1 Å². The van der Waals surface area contributed by atoms with Gasteiger partial charge in [0.05, 0.1) is 0 Å². The van der Waals surface area contributed by atoms with E-state index in [9.17, 15) is 9.59 Å². The van der Waals surface area contributed by atoms with E-state index < -0.39 is 0 Å². The summed E-state index contributed by atoms with van der Waals surface area (Å²) in [7, 11) is 1.83. The van der Waals surface area contributed by atoms with Crippen molar-refractivity contribution < 1.29 is 9.59 Å². The molecule has 4 nitrogen and oxygen atoms in total. The second-order valence-corrected chi connectivity index (χ2v) is 7.00. The number of benzene rings is 1. The van der Waals surface area contributed by atoms with Gasteiger partial charge in [0.25, 0.3) is 0 Å². The van der Waals surface area contributed by atoms with E-state index in [1.807, 2.05) is 7.05 Å². The predicted octanol–water partition coefficient (Wildman–Crippen LogP) is 4.32. The number of fused-ring (bicyclic) bond motifs is 2.